The van der Waals surface area contributed by atoms with Gasteiger partial charge in [-0.15, -0.1) is 0 Å². The van der Waals surface area contributed by atoms with Crippen LogP contribution in [0.2, 0.25) is 0 Å². The minimum Gasteiger partial charge on any atom is -0.316 e. The standard InChI is InChI=1S/C21H27N5O2/c1-13-15(18(24-10-3-9-22)21(2)8-11-23-12-21)6-7-16-17(13)26(14-4-5-14)20(28)25-19(16)27/h6-7,14,18,23-24H,3-5,8,10-12H2,1-2H3,(H,25,27,28). The molecule has 2 aliphatic rings. The lowest BCUT2D eigenvalue weighted by atomic mass is 9.76. The van der Waals surface area contributed by atoms with Crippen molar-refractivity contribution in [2.75, 3.05) is 19.6 Å². The van der Waals surface area contributed by atoms with Gasteiger partial charge in [-0.1, -0.05) is 13.0 Å². The molecule has 1 saturated carbocycles. The summed E-state index contributed by atoms with van der Waals surface area (Å²) < 4.78 is 1.77. The third-order valence-corrected chi connectivity index (χ3v) is 6.30. The van der Waals surface area contributed by atoms with Crippen LogP contribution in [0.4, 0.5) is 0 Å². The zero-order chi connectivity index (χ0) is 19.9. The van der Waals surface area contributed by atoms with Gasteiger partial charge in [0, 0.05) is 37.0 Å². The van der Waals surface area contributed by atoms with E-state index in [2.05, 4.69) is 28.6 Å². The van der Waals surface area contributed by atoms with E-state index in [1.165, 1.54) is 0 Å². The molecule has 2 atom stereocenters. The highest BCUT2D eigenvalue weighted by atomic mass is 16.2. The number of aryl methyl sites for hydroxylation is 1. The first-order valence-electron chi connectivity index (χ1n) is 10.1. The minimum atomic E-state index is -0.325. The van der Waals surface area contributed by atoms with Gasteiger partial charge in [0.2, 0.25) is 0 Å². The Balaban J connectivity index is 1.89. The highest BCUT2D eigenvalue weighted by Crippen LogP contribution is 2.42. The maximum atomic E-state index is 12.5. The normalized spacial score (nSPS) is 23.0. The fourth-order valence-corrected chi connectivity index (χ4v) is 4.62. The Kier molecular flexibility index (Phi) is 4.86. The molecule has 7 heteroatoms. The second-order valence-electron chi connectivity index (χ2n) is 8.41. The van der Waals surface area contributed by atoms with Crippen LogP contribution in [0.3, 0.4) is 0 Å². The van der Waals surface area contributed by atoms with E-state index in [0.717, 1.165) is 49.0 Å². The Labute approximate surface area is 163 Å². The molecule has 28 heavy (non-hydrogen) atoms. The molecule has 2 heterocycles. The molecular weight excluding hydrogens is 354 g/mol. The van der Waals surface area contributed by atoms with Crippen molar-refractivity contribution in [3.63, 3.8) is 0 Å². The Morgan fingerprint density at radius 1 is 1.39 bits per heavy atom. The van der Waals surface area contributed by atoms with Gasteiger partial charge in [0.1, 0.15) is 0 Å². The minimum absolute atomic E-state index is 0.000201. The number of fused-ring (bicyclic) bond motifs is 1. The van der Waals surface area contributed by atoms with Crippen LogP contribution < -0.4 is 21.9 Å². The van der Waals surface area contributed by atoms with Crippen molar-refractivity contribution >= 4 is 10.9 Å². The number of nitriles is 1. The molecule has 2 fully saturated rings. The fourth-order valence-electron chi connectivity index (χ4n) is 4.62. The summed E-state index contributed by atoms with van der Waals surface area (Å²) in [6.07, 6.45) is 3.41. The monoisotopic (exact) mass is 381 g/mol. The highest BCUT2D eigenvalue weighted by molar-refractivity contribution is 5.83. The molecule has 0 spiro atoms. The molecule has 2 aromatic rings. The summed E-state index contributed by atoms with van der Waals surface area (Å²) in [4.78, 5) is 27.4. The number of aromatic nitrogens is 2. The number of hydrogen-bond donors (Lipinski definition) is 3. The van der Waals surface area contributed by atoms with Crippen LogP contribution in [-0.4, -0.2) is 29.2 Å². The van der Waals surface area contributed by atoms with Gasteiger partial charge < -0.3 is 10.6 Å². The number of rotatable bonds is 6. The zero-order valence-electron chi connectivity index (χ0n) is 16.5. The van der Waals surface area contributed by atoms with E-state index in [0.29, 0.717) is 18.4 Å². The summed E-state index contributed by atoms with van der Waals surface area (Å²) in [6.45, 7) is 6.73. The molecule has 1 aromatic heterocycles. The first kappa shape index (κ1) is 18.9. The van der Waals surface area contributed by atoms with Crippen LogP contribution in [0, 0.1) is 23.7 Å². The molecule has 1 aliphatic carbocycles. The van der Waals surface area contributed by atoms with E-state index in [-0.39, 0.29) is 28.7 Å². The molecule has 1 saturated heterocycles. The van der Waals surface area contributed by atoms with Crippen LogP contribution in [0.1, 0.15) is 55.8 Å². The Bertz CT molecular complexity index is 1050. The maximum Gasteiger partial charge on any atom is 0.329 e. The predicted molar refractivity (Wildman–Crippen MR) is 108 cm³/mol. The first-order valence-corrected chi connectivity index (χ1v) is 10.1. The van der Waals surface area contributed by atoms with Gasteiger partial charge in [-0.05, 0) is 49.9 Å². The fraction of sp³-hybridized carbons (Fsp3) is 0.571. The number of benzene rings is 1. The third kappa shape index (κ3) is 3.17. The van der Waals surface area contributed by atoms with E-state index in [4.69, 9.17) is 5.26 Å². The smallest absolute Gasteiger partial charge is 0.316 e. The number of nitrogens with zero attached hydrogens (tertiary/aromatic N) is 2. The largest absolute Gasteiger partial charge is 0.329 e. The second kappa shape index (κ2) is 7.19. The molecule has 2 unspecified atom stereocenters. The van der Waals surface area contributed by atoms with E-state index in [1.54, 1.807) is 4.57 Å². The van der Waals surface area contributed by atoms with Crippen LogP contribution in [0.5, 0.6) is 0 Å². The van der Waals surface area contributed by atoms with Gasteiger partial charge in [-0.25, -0.2) is 4.79 Å². The van der Waals surface area contributed by atoms with Gasteiger partial charge in [0.05, 0.1) is 17.0 Å². The van der Waals surface area contributed by atoms with Crippen molar-refractivity contribution in [2.24, 2.45) is 5.41 Å². The van der Waals surface area contributed by atoms with Gasteiger partial charge >= 0.3 is 5.69 Å². The lowest BCUT2D eigenvalue weighted by Crippen LogP contribution is -2.39. The Morgan fingerprint density at radius 2 is 2.18 bits per heavy atom. The van der Waals surface area contributed by atoms with Crippen LogP contribution in [0.25, 0.3) is 10.9 Å². The number of H-pyrrole nitrogens is 1. The van der Waals surface area contributed by atoms with E-state index in [9.17, 15) is 9.59 Å². The number of hydrogen-bond acceptors (Lipinski definition) is 5. The Morgan fingerprint density at radius 3 is 2.82 bits per heavy atom. The van der Waals surface area contributed by atoms with Crippen molar-refractivity contribution < 1.29 is 0 Å². The topological polar surface area (TPSA) is 103 Å². The van der Waals surface area contributed by atoms with E-state index in [1.807, 2.05) is 19.1 Å². The molecule has 1 aliphatic heterocycles. The van der Waals surface area contributed by atoms with Gasteiger partial charge in [-0.3, -0.25) is 14.3 Å². The van der Waals surface area contributed by atoms with Crippen LogP contribution in [-0.2, 0) is 0 Å². The van der Waals surface area contributed by atoms with Crippen molar-refractivity contribution in [3.05, 3.63) is 44.1 Å². The van der Waals surface area contributed by atoms with E-state index < -0.39 is 0 Å². The lowest BCUT2D eigenvalue weighted by Gasteiger charge is -2.36. The van der Waals surface area contributed by atoms with Crippen molar-refractivity contribution in [2.45, 2.75) is 51.6 Å². The van der Waals surface area contributed by atoms with Crippen molar-refractivity contribution in [3.8, 4) is 6.07 Å². The molecule has 0 radical (unpaired) electrons. The summed E-state index contributed by atoms with van der Waals surface area (Å²) in [5.41, 5.74) is 2.21. The lowest BCUT2D eigenvalue weighted by molar-refractivity contribution is 0.244. The zero-order valence-corrected chi connectivity index (χ0v) is 16.5. The van der Waals surface area contributed by atoms with Crippen LogP contribution >= 0.6 is 0 Å². The predicted octanol–water partition coefficient (Wildman–Crippen LogP) is 1.88. The first-order chi connectivity index (χ1) is 13.5. The molecule has 1 aromatic carbocycles. The molecule has 0 bridgehead atoms. The molecular formula is C21H27N5O2. The quantitative estimate of drug-likeness (QED) is 0.663. The molecule has 3 N–H and O–H groups in total. The summed E-state index contributed by atoms with van der Waals surface area (Å²) in [5.74, 6) is 0. The summed E-state index contributed by atoms with van der Waals surface area (Å²) in [7, 11) is 0. The van der Waals surface area contributed by atoms with Crippen molar-refractivity contribution in [1.82, 2.24) is 20.2 Å². The second-order valence-corrected chi connectivity index (χ2v) is 8.41. The van der Waals surface area contributed by atoms with Crippen molar-refractivity contribution in [1.29, 1.82) is 5.26 Å². The van der Waals surface area contributed by atoms with Gasteiger partial charge in [0.15, 0.2) is 0 Å². The average Bonchev–Trinajstić information content (AvgIpc) is 3.40. The maximum absolute atomic E-state index is 12.5. The van der Waals surface area contributed by atoms with Crippen LogP contribution in [0.15, 0.2) is 21.7 Å². The molecule has 148 valence electrons. The summed E-state index contributed by atoms with van der Waals surface area (Å²) >= 11 is 0. The Hall–Kier alpha value is -2.43. The third-order valence-electron chi connectivity index (χ3n) is 6.30. The number of nitrogens with one attached hydrogen (secondary N) is 3. The highest BCUT2D eigenvalue weighted by Gasteiger charge is 2.39. The summed E-state index contributed by atoms with van der Waals surface area (Å²) in [6, 6.07) is 6.28. The van der Waals surface area contributed by atoms with Gasteiger partial charge in [-0.2, -0.15) is 5.26 Å². The SMILES string of the molecule is Cc1c(C(NCCC#N)C2(C)CCNC2)ccc2c(=O)[nH]c(=O)n(C3CC3)c12. The molecule has 0 amide bonds. The molecule has 4 rings (SSSR count). The molecule has 7 nitrogen and oxygen atoms in total. The number of aromatic amines is 1. The average molecular weight is 381 g/mol. The van der Waals surface area contributed by atoms with Gasteiger partial charge in [0.25, 0.3) is 5.56 Å². The summed E-state index contributed by atoms with van der Waals surface area (Å²) in [5, 5.41) is 16.6. The van der Waals surface area contributed by atoms with E-state index >= 15 is 0 Å².